The third-order valence-corrected chi connectivity index (χ3v) is 9.59. The first-order chi connectivity index (χ1) is 26.5. The Bertz CT molecular complexity index is 1140. The number of ether oxygens (including phenoxy) is 2. The average Bonchev–Trinajstić information content (AvgIpc) is 3.15. The van der Waals surface area contributed by atoms with E-state index in [9.17, 15) is 28.9 Å². The second-order valence-electron chi connectivity index (χ2n) is 13.9. The number of nitrogens with two attached hydrogens (primary N) is 1. The number of carboxylic acid groups (broad SMARTS) is 1. The molecule has 0 amide bonds. The van der Waals surface area contributed by atoms with Crippen molar-refractivity contribution in [3.8, 4) is 0 Å². The van der Waals surface area contributed by atoms with Crippen LogP contribution in [0.4, 0.5) is 0 Å². The van der Waals surface area contributed by atoms with Gasteiger partial charge in [0.2, 0.25) is 0 Å². The fraction of sp³-hybridized carbons (Fsp3) is 0.738. The summed E-state index contributed by atoms with van der Waals surface area (Å²) in [4.78, 5) is 45.9. The first-order valence-corrected chi connectivity index (χ1v) is 22.3. The molecular formula is C42H74NO11P. The van der Waals surface area contributed by atoms with Crippen LogP contribution in [0.2, 0.25) is 0 Å². The van der Waals surface area contributed by atoms with E-state index in [-0.39, 0.29) is 19.4 Å². The molecule has 0 bridgehead atoms. The molecule has 318 valence electrons. The van der Waals surface area contributed by atoms with E-state index in [4.69, 9.17) is 24.8 Å². The van der Waals surface area contributed by atoms with Crippen molar-refractivity contribution in [2.45, 2.75) is 180 Å². The molecule has 0 aliphatic rings. The Morgan fingerprint density at radius 3 is 1.76 bits per heavy atom. The Labute approximate surface area is 331 Å². The Morgan fingerprint density at radius 2 is 1.18 bits per heavy atom. The quantitative estimate of drug-likeness (QED) is 0.0152. The molecule has 0 heterocycles. The number of aliphatic carboxylic acids is 1. The molecule has 0 aromatic heterocycles. The predicted molar refractivity (Wildman–Crippen MR) is 218 cm³/mol. The van der Waals surface area contributed by atoms with Gasteiger partial charge in [-0.3, -0.25) is 23.4 Å². The van der Waals surface area contributed by atoms with Crippen molar-refractivity contribution < 1.29 is 52.6 Å². The summed E-state index contributed by atoms with van der Waals surface area (Å²) >= 11 is 0. The first kappa shape index (κ1) is 52.4. The van der Waals surface area contributed by atoms with E-state index in [1.807, 2.05) is 24.3 Å². The van der Waals surface area contributed by atoms with Crippen molar-refractivity contribution >= 4 is 25.7 Å². The number of aliphatic hydroxyl groups is 1. The number of allylic oxidation sites excluding steroid dienone is 6. The maximum atomic E-state index is 12.6. The van der Waals surface area contributed by atoms with Crippen LogP contribution in [0, 0.1) is 0 Å². The lowest BCUT2D eigenvalue weighted by atomic mass is 10.1. The van der Waals surface area contributed by atoms with E-state index in [1.165, 1.54) is 51.4 Å². The van der Waals surface area contributed by atoms with E-state index in [0.29, 0.717) is 19.3 Å². The number of carbonyl (C=O) groups is 3. The normalized spacial score (nSPS) is 14.9. The molecular weight excluding hydrogens is 725 g/mol. The van der Waals surface area contributed by atoms with Gasteiger partial charge in [0.05, 0.1) is 19.3 Å². The van der Waals surface area contributed by atoms with Crippen molar-refractivity contribution in [3.05, 3.63) is 48.6 Å². The van der Waals surface area contributed by atoms with Gasteiger partial charge in [0, 0.05) is 12.8 Å². The molecule has 0 saturated carbocycles. The summed E-state index contributed by atoms with van der Waals surface area (Å²) in [5.41, 5.74) is 5.32. The first-order valence-electron chi connectivity index (χ1n) is 20.8. The van der Waals surface area contributed by atoms with Crippen LogP contribution < -0.4 is 5.73 Å². The van der Waals surface area contributed by atoms with Gasteiger partial charge in [0.25, 0.3) is 0 Å². The van der Waals surface area contributed by atoms with Crippen LogP contribution in [-0.2, 0) is 37.5 Å². The highest BCUT2D eigenvalue weighted by atomic mass is 31.2. The number of aliphatic hydroxyl groups excluding tert-OH is 1. The average molecular weight is 800 g/mol. The van der Waals surface area contributed by atoms with Crippen LogP contribution >= 0.6 is 7.82 Å². The third-order valence-electron chi connectivity index (χ3n) is 8.64. The lowest BCUT2D eigenvalue weighted by Crippen LogP contribution is -2.34. The third kappa shape index (κ3) is 36.8. The van der Waals surface area contributed by atoms with Gasteiger partial charge in [0.15, 0.2) is 6.10 Å². The van der Waals surface area contributed by atoms with Crippen LogP contribution in [0.15, 0.2) is 48.6 Å². The molecule has 0 aromatic carbocycles. The monoisotopic (exact) mass is 799 g/mol. The summed E-state index contributed by atoms with van der Waals surface area (Å²) in [6.45, 7) is 2.53. The summed E-state index contributed by atoms with van der Waals surface area (Å²) in [6, 6.07) is -1.53. The molecule has 0 aliphatic carbocycles. The molecule has 0 spiro atoms. The minimum atomic E-state index is -4.73. The Kier molecular flexibility index (Phi) is 35.3. The van der Waals surface area contributed by atoms with Gasteiger partial charge in [0.1, 0.15) is 12.6 Å². The Morgan fingerprint density at radius 1 is 0.655 bits per heavy atom. The van der Waals surface area contributed by atoms with Crippen molar-refractivity contribution in [1.82, 2.24) is 0 Å². The zero-order chi connectivity index (χ0) is 40.8. The summed E-state index contributed by atoms with van der Waals surface area (Å²) in [5.74, 6) is -2.45. The molecule has 4 atom stereocenters. The number of unbranched alkanes of at least 4 members (excludes halogenated alkanes) is 16. The fourth-order valence-electron chi connectivity index (χ4n) is 5.33. The van der Waals surface area contributed by atoms with E-state index in [2.05, 4.69) is 36.6 Å². The SMILES string of the molecule is CC/C=C/CC(O)/C=C/C=C/CCCCCCCC(=O)O[C@H](COC(=O)CCCCCCCCC/C=C\CCCCCC)COP(=O)(O)OC[C@H](N)C(=O)O. The molecule has 0 fully saturated rings. The number of hydrogen-bond acceptors (Lipinski definition) is 10. The predicted octanol–water partition coefficient (Wildman–Crippen LogP) is 9.58. The number of hydrogen-bond donors (Lipinski definition) is 4. The van der Waals surface area contributed by atoms with Gasteiger partial charge in [-0.05, 0) is 64.2 Å². The lowest BCUT2D eigenvalue weighted by molar-refractivity contribution is -0.161. The second-order valence-corrected chi connectivity index (χ2v) is 15.4. The number of rotatable bonds is 38. The summed E-state index contributed by atoms with van der Waals surface area (Å²) in [5, 5.41) is 18.7. The van der Waals surface area contributed by atoms with Crippen LogP contribution in [0.5, 0.6) is 0 Å². The molecule has 2 unspecified atom stereocenters. The van der Waals surface area contributed by atoms with Crippen LogP contribution in [0.1, 0.15) is 162 Å². The molecule has 13 heteroatoms. The summed E-state index contributed by atoms with van der Waals surface area (Å²) in [6.07, 6.45) is 36.5. The highest BCUT2D eigenvalue weighted by Gasteiger charge is 2.28. The number of phosphoric acid groups is 1. The van der Waals surface area contributed by atoms with E-state index in [1.54, 1.807) is 6.08 Å². The Hall–Kier alpha value is -2.60. The van der Waals surface area contributed by atoms with Gasteiger partial charge >= 0.3 is 25.7 Å². The summed E-state index contributed by atoms with van der Waals surface area (Å²) in [7, 11) is -4.73. The maximum Gasteiger partial charge on any atom is 0.472 e. The van der Waals surface area contributed by atoms with Crippen molar-refractivity contribution in [3.63, 3.8) is 0 Å². The van der Waals surface area contributed by atoms with Crippen LogP contribution in [0.3, 0.4) is 0 Å². The molecule has 0 radical (unpaired) electrons. The minimum Gasteiger partial charge on any atom is -0.480 e. The van der Waals surface area contributed by atoms with E-state index >= 15 is 0 Å². The van der Waals surface area contributed by atoms with E-state index < -0.39 is 57.2 Å². The molecule has 12 nitrogen and oxygen atoms in total. The Balaban J connectivity index is 4.47. The fourth-order valence-corrected chi connectivity index (χ4v) is 6.11. The van der Waals surface area contributed by atoms with Gasteiger partial charge in [-0.25, -0.2) is 4.57 Å². The topological polar surface area (TPSA) is 192 Å². The molecule has 5 N–H and O–H groups in total. The molecule has 0 saturated heterocycles. The highest BCUT2D eigenvalue weighted by molar-refractivity contribution is 7.47. The van der Waals surface area contributed by atoms with Crippen molar-refractivity contribution in [2.24, 2.45) is 5.73 Å². The van der Waals surface area contributed by atoms with Gasteiger partial charge in [-0.1, -0.05) is 133 Å². The highest BCUT2D eigenvalue weighted by Crippen LogP contribution is 2.43. The van der Waals surface area contributed by atoms with E-state index in [0.717, 1.165) is 64.2 Å². The molecule has 0 aromatic rings. The van der Waals surface area contributed by atoms with Gasteiger partial charge in [-0.15, -0.1) is 0 Å². The second kappa shape index (κ2) is 37.0. The van der Waals surface area contributed by atoms with Gasteiger partial charge < -0.3 is 30.3 Å². The minimum absolute atomic E-state index is 0.113. The molecule has 55 heavy (non-hydrogen) atoms. The maximum absolute atomic E-state index is 12.6. The zero-order valence-electron chi connectivity index (χ0n) is 33.9. The van der Waals surface area contributed by atoms with Crippen LogP contribution in [-0.4, -0.2) is 71.1 Å². The number of phosphoric ester groups is 1. The van der Waals surface area contributed by atoms with Gasteiger partial charge in [-0.2, -0.15) is 0 Å². The van der Waals surface area contributed by atoms with Crippen molar-refractivity contribution in [1.29, 1.82) is 0 Å². The number of carboxylic acids is 1. The number of esters is 2. The lowest BCUT2D eigenvalue weighted by Gasteiger charge is -2.20. The number of carbonyl (C=O) groups excluding carboxylic acids is 2. The standard InChI is InChI=1S/C42H74NO11P/c1-3-5-7-8-9-10-11-12-13-14-15-18-21-24-28-32-40(45)51-34-38(35-52-55(49,50)53-36-39(43)42(47)48)54-41(46)33-29-25-22-19-16-17-20-23-27-31-37(44)30-26-6-4-2/h6,10-11,20,23,26-27,31,37-39,44H,3-5,7-9,12-19,21-22,24-25,28-30,32-36,43H2,1-2H3,(H,47,48)(H,49,50)/b11-10-,23-20+,26-6+,31-27+/t37?,38-,39+/m1/s1. The molecule has 0 rings (SSSR count). The molecule has 0 aliphatic heterocycles. The van der Waals surface area contributed by atoms with Crippen molar-refractivity contribution in [2.75, 3.05) is 19.8 Å². The largest absolute Gasteiger partial charge is 0.480 e. The zero-order valence-corrected chi connectivity index (χ0v) is 34.8. The smallest absolute Gasteiger partial charge is 0.472 e. The summed E-state index contributed by atoms with van der Waals surface area (Å²) < 4.78 is 32.6. The van der Waals surface area contributed by atoms with Crippen LogP contribution in [0.25, 0.3) is 0 Å².